The Balaban J connectivity index is 2.00. The molecule has 8 heteroatoms. The smallest absolute Gasteiger partial charge is 0.251 e. The zero-order valence-corrected chi connectivity index (χ0v) is 16.2. The van der Waals surface area contributed by atoms with E-state index in [1.807, 2.05) is 30.3 Å². The molecule has 0 radical (unpaired) electrons. The largest absolute Gasteiger partial charge is 0.351 e. The zero-order valence-electron chi connectivity index (χ0n) is 14.5. The summed E-state index contributed by atoms with van der Waals surface area (Å²) in [5.74, 6) is -0.675. The zero-order chi connectivity index (χ0) is 19.2. The van der Waals surface area contributed by atoms with E-state index in [1.54, 1.807) is 25.6 Å². The fourth-order valence-corrected chi connectivity index (χ4v) is 4.32. The summed E-state index contributed by atoms with van der Waals surface area (Å²) >= 11 is 1.59. The van der Waals surface area contributed by atoms with Crippen LogP contribution < -0.4 is 10.0 Å². The van der Waals surface area contributed by atoms with Crippen molar-refractivity contribution in [2.45, 2.75) is 29.7 Å². The Hall–Kier alpha value is -1.90. The third kappa shape index (κ3) is 5.82. The van der Waals surface area contributed by atoms with E-state index in [0.717, 1.165) is 17.0 Å². The van der Waals surface area contributed by atoms with Crippen molar-refractivity contribution in [3.63, 3.8) is 0 Å². The normalized spacial score (nSPS) is 11.5. The fraction of sp³-hybridized carbons (Fsp3) is 0.278. The van der Waals surface area contributed by atoms with Crippen molar-refractivity contribution < 1.29 is 17.6 Å². The van der Waals surface area contributed by atoms with Gasteiger partial charge in [0.25, 0.3) is 5.91 Å². The van der Waals surface area contributed by atoms with Crippen LogP contribution in [0.3, 0.4) is 0 Å². The van der Waals surface area contributed by atoms with Crippen molar-refractivity contribution >= 4 is 27.7 Å². The van der Waals surface area contributed by atoms with Crippen LogP contribution in [0.2, 0.25) is 0 Å². The summed E-state index contributed by atoms with van der Waals surface area (Å²) in [5, 5.41) is 2.71. The molecule has 2 aromatic rings. The maximum atomic E-state index is 13.9. The Morgan fingerprint density at radius 3 is 2.50 bits per heavy atom. The molecule has 0 aliphatic carbocycles. The molecule has 2 aromatic carbocycles. The van der Waals surface area contributed by atoms with E-state index in [-0.39, 0.29) is 11.6 Å². The van der Waals surface area contributed by atoms with Gasteiger partial charge < -0.3 is 5.32 Å². The lowest BCUT2D eigenvalue weighted by Crippen LogP contribution is -2.31. The average molecular weight is 397 g/mol. The fourth-order valence-electron chi connectivity index (χ4n) is 2.18. The number of halogens is 1. The second kappa shape index (κ2) is 9.16. The molecule has 0 bridgehead atoms. The Morgan fingerprint density at radius 1 is 1.15 bits per heavy atom. The van der Waals surface area contributed by atoms with Crippen molar-refractivity contribution in [2.24, 2.45) is 0 Å². The number of hydrogen-bond donors (Lipinski definition) is 2. The molecule has 5 nitrogen and oxygen atoms in total. The monoisotopic (exact) mass is 396 g/mol. The van der Waals surface area contributed by atoms with E-state index in [1.165, 1.54) is 6.07 Å². The van der Waals surface area contributed by atoms with Crippen LogP contribution in [0.5, 0.6) is 0 Å². The number of thioether (sulfide) groups is 1. The number of nitrogens with one attached hydrogen (secondary N) is 2. The van der Waals surface area contributed by atoms with E-state index < -0.39 is 26.6 Å². The van der Waals surface area contributed by atoms with Crippen LogP contribution in [-0.4, -0.2) is 32.7 Å². The molecule has 0 saturated carbocycles. The summed E-state index contributed by atoms with van der Waals surface area (Å²) in [5.41, 5.74) is 0.0974. The second-order valence-electron chi connectivity index (χ2n) is 5.84. The number of rotatable bonds is 8. The van der Waals surface area contributed by atoms with Gasteiger partial charge in [0.1, 0.15) is 10.7 Å². The SMILES string of the molecule is CC(C)NS(=O)(=O)c1cc(C(=O)NCCSc2ccccc2)ccc1F. The molecular formula is C18H21FN2O3S2. The van der Waals surface area contributed by atoms with Gasteiger partial charge in [-0.25, -0.2) is 17.5 Å². The summed E-state index contributed by atoms with van der Waals surface area (Å²) in [6, 6.07) is 12.7. The lowest BCUT2D eigenvalue weighted by molar-refractivity contribution is 0.0956. The average Bonchev–Trinajstić information content (AvgIpc) is 2.58. The second-order valence-corrected chi connectivity index (χ2v) is 8.69. The molecule has 0 aliphatic rings. The third-order valence-corrected chi connectivity index (χ3v) is 5.96. The van der Waals surface area contributed by atoms with Crippen LogP contribution in [-0.2, 0) is 10.0 Å². The van der Waals surface area contributed by atoms with Gasteiger partial charge in [-0.05, 0) is 44.2 Å². The maximum absolute atomic E-state index is 13.9. The van der Waals surface area contributed by atoms with Crippen LogP contribution >= 0.6 is 11.8 Å². The predicted octanol–water partition coefficient (Wildman–Crippen LogP) is 3.03. The van der Waals surface area contributed by atoms with Gasteiger partial charge in [-0.2, -0.15) is 0 Å². The summed E-state index contributed by atoms with van der Waals surface area (Å²) in [4.78, 5) is 12.8. The van der Waals surface area contributed by atoms with Crippen LogP contribution in [0.25, 0.3) is 0 Å². The lowest BCUT2D eigenvalue weighted by atomic mass is 10.2. The summed E-state index contributed by atoms with van der Waals surface area (Å²) in [7, 11) is -4.02. The van der Waals surface area contributed by atoms with Gasteiger partial charge in [0.15, 0.2) is 0 Å². The quantitative estimate of drug-likeness (QED) is 0.531. The van der Waals surface area contributed by atoms with Crippen molar-refractivity contribution in [3.05, 3.63) is 59.9 Å². The van der Waals surface area contributed by atoms with Gasteiger partial charge in [0.2, 0.25) is 10.0 Å². The highest BCUT2D eigenvalue weighted by atomic mass is 32.2. The third-order valence-electron chi connectivity index (χ3n) is 3.27. The minimum atomic E-state index is -4.02. The number of hydrogen-bond acceptors (Lipinski definition) is 4. The first-order valence-corrected chi connectivity index (χ1v) is 10.5. The molecular weight excluding hydrogens is 375 g/mol. The number of sulfonamides is 1. The summed E-state index contributed by atoms with van der Waals surface area (Å²) in [6.07, 6.45) is 0. The first-order valence-electron chi connectivity index (χ1n) is 8.07. The van der Waals surface area contributed by atoms with E-state index in [4.69, 9.17) is 0 Å². The van der Waals surface area contributed by atoms with E-state index >= 15 is 0 Å². The molecule has 2 N–H and O–H groups in total. The summed E-state index contributed by atoms with van der Waals surface area (Å²) in [6.45, 7) is 3.68. The van der Waals surface area contributed by atoms with Gasteiger partial charge in [-0.1, -0.05) is 18.2 Å². The van der Waals surface area contributed by atoms with Gasteiger partial charge in [0.05, 0.1) is 0 Å². The molecule has 1 amide bonds. The van der Waals surface area contributed by atoms with Crippen molar-refractivity contribution in [1.82, 2.24) is 10.0 Å². The first kappa shape index (κ1) is 20.4. The minimum Gasteiger partial charge on any atom is -0.351 e. The Bertz CT molecular complexity index is 856. The Morgan fingerprint density at radius 2 is 1.85 bits per heavy atom. The van der Waals surface area contributed by atoms with E-state index in [0.29, 0.717) is 12.3 Å². The van der Waals surface area contributed by atoms with Crippen LogP contribution in [0.15, 0.2) is 58.3 Å². The highest BCUT2D eigenvalue weighted by Crippen LogP contribution is 2.18. The first-order chi connectivity index (χ1) is 12.3. The van der Waals surface area contributed by atoms with Crippen molar-refractivity contribution in [3.8, 4) is 0 Å². The molecule has 140 valence electrons. The highest BCUT2D eigenvalue weighted by molar-refractivity contribution is 7.99. The Kier molecular flexibility index (Phi) is 7.19. The van der Waals surface area contributed by atoms with Gasteiger partial charge in [0, 0.05) is 28.8 Å². The molecule has 0 fully saturated rings. The number of carbonyl (C=O) groups excluding carboxylic acids is 1. The van der Waals surface area contributed by atoms with Gasteiger partial charge in [-0.3, -0.25) is 4.79 Å². The molecule has 2 rings (SSSR count). The molecule has 26 heavy (non-hydrogen) atoms. The summed E-state index contributed by atoms with van der Waals surface area (Å²) < 4.78 is 40.6. The molecule has 0 aromatic heterocycles. The predicted molar refractivity (Wildman–Crippen MR) is 101 cm³/mol. The highest BCUT2D eigenvalue weighted by Gasteiger charge is 2.21. The molecule has 0 aliphatic heterocycles. The minimum absolute atomic E-state index is 0.0974. The van der Waals surface area contributed by atoms with Crippen LogP contribution in [0.4, 0.5) is 4.39 Å². The standard InChI is InChI=1S/C18H21FN2O3S2/c1-13(2)21-26(23,24)17-12-14(8-9-16(17)19)18(22)20-10-11-25-15-6-4-3-5-7-15/h3-9,12-13,21H,10-11H2,1-2H3,(H,20,22). The maximum Gasteiger partial charge on any atom is 0.251 e. The molecule has 0 saturated heterocycles. The number of amides is 1. The van der Waals surface area contributed by atoms with Crippen LogP contribution in [0.1, 0.15) is 24.2 Å². The lowest BCUT2D eigenvalue weighted by Gasteiger charge is -2.12. The molecule has 0 atom stereocenters. The number of benzene rings is 2. The molecule has 0 unspecified atom stereocenters. The van der Waals surface area contributed by atoms with E-state index in [9.17, 15) is 17.6 Å². The number of carbonyl (C=O) groups is 1. The topological polar surface area (TPSA) is 75.3 Å². The van der Waals surface area contributed by atoms with Crippen LogP contribution in [0, 0.1) is 5.82 Å². The molecule has 0 spiro atoms. The van der Waals surface area contributed by atoms with Crippen molar-refractivity contribution in [2.75, 3.05) is 12.3 Å². The van der Waals surface area contributed by atoms with Crippen molar-refractivity contribution in [1.29, 1.82) is 0 Å². The van der Waals surface area contributed by atoms with E-state index in [2.05, 4.69) is 10.0 Å². The Labute approximate surface area is 157 Å². The van der Waals surface area contributed by atoms with Gasteiger partial charge >= 0.3 is 0 Å². The molecule has 0 heterocycles. The van der Waals surface area contributed by atoms with Gasteiger partial charge in [-0.15, -0.1) is 11.8 Å².